The van der Waals surface area contributed by atoms with Gasteiger partial charge in [0.2, 0.25) is 0 Å². The van der Waals surface area contributed by atoms with Crippen molar-refractivity contribution in [2.45, 2.75) is 58.5 Å². The number of imidazole rings is 1. The first-order chi connectivity index (χ1) is 12.0. The van der Waals surface area contributed by atoms with Crippen molar-refractivity contribution >= 4 is 5.70 Å². The second-order valence-electron chi connectivity index (χ2n) is 9.01. The van der Waals surface area contributed by atoms with Gasteiger partial charge in [-0.3, -0.25) is 0 Å². The topological polar surface area (TPSA) is 38.0 Å². The van der Waals surface area contributed by atoms with Crippen LogP contribution in [0.3, 0.4) is 0 Å². The number of allylic oxidation sites excluding steroid dienone is 5. The number of aromatic nitrogens is 2. The highest BCUT2D eigenvalue weighted by Gasteiger charge is 2.54. The third-order valence-corrected chi connectivity index (χ3v) is 7.87. The van der Waals surface area contributed by atoms with Crippen LogP contribution in [0.2, 0.25) is 0 Å². The van der Waals surface area contributed by atoms with Gasteiger partial charge in [0.25, 0.3) is 0 Å². The standard InChI is InChI=1S/C22H28N2O/c1-21-9-7-16(25)13-15(21)3-4-17-18-5-6-20(24-12-11-23-14-24)22(18,2)10-8-19(17)21/h3,5-6,11-12,14,16-17,19,25H,4,7-10,13H2,1-2H3/t16-,17?,19?,21-,22-/m0/s1. The third kappa shape index (κ3) is 2.05. The molecule has 4 aliphatic carbocycles. The SMILES string of the molecule is C[C@]12CCC3C(CC=C4C[C@@H](O)CC[C@@]43C)C1=CC=C2n1ccnc1. The van der Waals surface area contributed by atoms with Crippen LogP contribution in [-0.2, 0) is 0 Å². The lowest BCUT2D eigenvalue weighted by Gasteiger charge is -2.55. The Bertz CT molecular complexity index is 787. The zero-order valence-corrected chi connectivity index (χ0v) is 15.3. The van der Waals surface area contributed by atoms with Gasteiger partial charge in [0.05, 0.1) is 12.4 Å². The number of fused-ring (bicyclic) bond motifs is 5. The fraction of sp³-hybridized carbons (Fsp3) is 0.591. The monoisotopic (exact) mass is 336 g/mol. The van der Waals surface area contributed by atoms with Crippen molar-refractivity contribution in [3.63, 3.8) is 0 Å². The fourth-order valence-electron chi connectivity index (χ4n) is 6.40. The molecule has 2 unspecified atom stereocenters. The molecule has 0 aliphatic heterocycles. The summed E-state index contributed by atoms with van der Waals surface area (Å²) in [6.45, 7) is 4.91. The van der Waals surface area contributed by atoms with Gasteiger partial charge in [0.15, 0.2) is 0 Å². The maximum Gasteiger partial charge on any atom is 0.0989 e. The van der Waals surface area contributed by atoms with E-state index in [1.54, 1.807) is 5.57 Å². The minimum atomic E-state index is -0.120. The van der Waals surface area contributed by atoms with Gasteiger partial charge in [0.1, 0.15) is 0 Å². The van der Waals surface area contributed by atoms with Gasteiger partial charge in [-0.25, -0.2) is 4.98 Å². The molecular weight excluding hydrogens is 308 g/mol. The summed E-state index contributed by atoms with van der Waals surface area (Å²) in [6, 6.07) is 0. The predicted octanol–water partition coefficient (Wildman–Crippen LogP) is 4.58. The van der Waals surface area contributed by atoms with Gasteiger partial charge in [-0.05, 0) is 61.9 Å². The zero-order chi connectivity index (χ0) is 17.2. The predicted molar refractivity (Wildman–Crippen MR) is 99.6 cm³/mol. The molecule has 1 aromatic rings. The highest BCUT2D eigenvalue weighted by molar-refractivity contribution is 5.66. The summed E-state index contributed by atoms with van der Waals surface area (Å²) in [5.41, 5.74) is 5.00. The zero-order valence-electron chi connectivity index (χ0n) is 15.3. The summed E-state index contributed by atoms with van der Waals surface area (Å²) in [7, 11) is 0. The second-order valence-corrected chi connectivity index (χ2v) is 9.01. The molecule has 0 amide bonds. The minimum Gasteiger partial charge on any atom is -0.393 e. The van der Waals surface area contributed by atoms with Crippen LogP contribution < -0.4 is 0 Å². The number of rotatable bonds is 1. The minimum absolute atomic E-state index is 0.120. The van der Waals surface area contributed by atoms with Crippen molar-refractivity contribution in [3.8, 4) is 0 Å². The van der Waals surface area contributed by atoms with Gasteiger partial charge in [-0.15, -0.1) is 0 Å². The van der Waals surface area contributed by atoms with Crippen molar-refractivity contribution < 1.29 is 5.11 Å². The Morgan fingerprint density at radius 1 is 1.20 bits per heavy atom. The van der Waals surface area contributed by atoms with E-state index in [9.17, 15) is 5.11 Å². The van der Waals surface area contributed by atoms with E-state index in [0.717, 1.165) is 31.6 Å². The Balaban J connectivity index is 1.50. The highest BCUT2D eigenvalue weighted by Crippen LogP contribution is 2.64. The Hall–Kier alpha value is -1.61. The third-order valence-electron chi connectivity index (χ3n) is 7.87. The molecule has 0 radical (unpaired) electrons. The Kier molecular flexibility index (Phi) is 3.25. The molecule has 0 spiro atoms. The lowest BCUT2D eigenvalue weighted by Crippen LogP contribution is -2.47. The normalized spacial score (nSPS) is 42.7. The molecule has 2 saturated carbocycles. The summed E-state index contributed by atoms with van der Waals surface area (Å²) < 4.78 is 2.20. The Morgan fingerprint density at radius 3 is 2.88 bits per heavy atom. The number of hydrogen-bond acceptors (Lipinski definition) is 2. The van der Waals surface area contributed by atoms with Crippen LogP contribution in [-0.4, -0.2) is 20.8 Å². The number of hydrogen-bond donors (Lipinski definition) is 1. The Morgan fingerprint density at radius 2 is 2.08 bits per heavy atom. The van der Waals surface area contributed by atoms with Crippen LogP contribution in [0.5, 0.6) is 0 Å². The Labute approximate surface area is 150 Å². The summed E-state index contributed by atoms with van der Waals surface area (Å²) >= 11 is 0. The number of aliphatic hydroxyl groups excluding tert-OH is 1. The van der Waals surface area contributed by atoms with Crippen LogP contribution in [0.15, 0.2) is 48.1 Å². The molecule has 2 fully saturated rings. The lowest BCUT2D eigenvalue weighted by atomic mass is 9.49. The van der Waals surface area contributed by atoms with E-state index in [-0.39, 0.29) is 11.5 Å². The average Bonchev–Trinajstić information content (AvgIpc) is 3.22. The van der Waals surface area contributed by atoms with Crippen molar-refractivity contribution in [2.75, 3.05) is 0 Å². The molecule has 5 atom stereocenters. The first-order valence-electron chi connectivity index (χ1n) is 9.81. The first-order valence-corrected chi connectivity index (χ1v) is 9.81. The van der Waals surface area contributed by atoms with Gasteiger partial charge in [-0.2, -0.15) is 0 Å². The molecule has 3 heteroatoms. The van der Waals surface area contributed by atoms with Crippen LogP contribution >= 0.6 is 0 Å². The average molecular weight is 336 g/mol. The van der Waals surface area contributed by atoms with Gasteiger partial charge < -0.3 is 9.67 Å². The molecular formula is C22H28N2O. The van der Waals surface area contributed by atoms with Crippen LogP contribution in [0, 0.1) is 22.7 Å². The van der Waals surface area contributed by atoms with E-state index >= 15 is 0 Å². The molecule has 1 N–H and O–H groups in total. The van der Waals surface area contributed by atoms with E-state index in [4.69, 9.17) is 0 Å². The van der Waals surface area contributed by atoms with E-state index in [0.29, 0.717) is 11.3 Å². The molecule has 0 aromatic carbocycles. The fourth-order valence-corrected chi connectivity index (χ4v) is 6.40. The molecule has 5 rings (SSSR count). The van der Waals surface area contributed by atoms with Crippen LogP contribution in [0.25, 0.3) is 5.70 Å². The van der Waals surface area contributed by atoms with Gasteiger partial charge in [0, 0.05) is 23.5 Å². The lowest BCUT2D eigenvalue weighted by molar-refractivity contribution is 0.0364. The van der Waals surface area contributed by atoms with Gasteiger partial charge >= 0.3 is 0 Å². The highest BCUT2D eigenvalue weighted by atomic mass is 16.3. The summed E-state index contributed by atoms with van der Waals surface area (Å²) in [5.74, 6) is 1.38. The van der Waals surface area contributed by atoms with Crippen molar-refractivity contribution in [2.24, 2.45) is 22.7 Å². The van der Waals surface area contributed by atoms with Crippen LogP contribution in [0.4, 0.5) is 0 Å². The van der Waals surface area contributed by atoms with E-state index in [2.05, 4.69) is 47.8 Å². The number of aliphatic hydroxyl groups is 1. The molecule has 1 aromatic heterocycles. The molecule has 0 saturated heterocycles. The maximum absolute atomic E-state index is 10.1. The first kappa shape index (κ1) is 15.6. The summed E-state index contributed by atoms with van der Waals surface area (Å²) in [6.07, 6.45) is 19.6. The van der Waals surface area contributed by atoms with Crippen molar-refractivity contribution in [1.29, 1.82) is 0 Å². The quantitative estimate of drug-likeness (QED) is 0.762. The molecule has 4 aliphatic rings. The molecule has 3 nitrogen and oxygen atoms in total. The summed E-state index contributed by atoms with van der Waals surface area (Å²) in [4.78, 5) is 4.25. The molecule has 0 bridgehead atoms. The van der Waals surface area contributed by atoms with E-state index in [1.165, 1.54) is 24.1 Å². The van der Waals surface area contributed by atoms with E-state index < -0.39 is 0 Å². The molecule has 1 heterocycles. The maximum atomic E-state index is 10.1. The molecule has 132 valence electrons. The van der Waals surface area contributed by atoms with Crippen molar-refractivity contribution in [3.05, 3.63) is 48.1 Å². The second kappa shape index (κ2) is 5.20. The van der Waals surface area contributed by atoms with Crippen LogP contribution in [0.1, 0.15) is 52.4 Å². The van der Waals surface area contributed by atoms with E-state index in [1.807, 2.05) is 12.5 Å². The summed E-state index contributed by atoms with van der Waals surface area (Å²) in [5, 5.41) is 10.1. The largest absolute Gasteiger partial charge is 0.393 e. The van der Waals surface area contributed by atoms with Crippen molar-refractivity contribution in [1.82, 2.24) is 9.55 Å². The number of nitrogens with zero attached hydrogens (tertiary/aromatic N) is 2. The van der Waals surface area contributed by atoms with Gasteiger partial charge in [-0.1, -0.05) is 37.1 Å². The smallest absolute Gasteiger partial charge is 0.0989 e. The molecule has 25 heavy (non-hydrogen) atoms.